The first-order valence-corrected chi connectivity index (χ1v) is 5.49. The highest BCUT2D eigenvalue weighted by molar-refractivity contribution is 5.66. The zero-order valence-electron chi connectivity index (χ0n) is 10.0. The number of carboxylic acid groups (broad SMARTS) is 1. The SMILES string of the molecule is COCCN(CCCC(=O)O)CC(C)C. The number of hydrogen-bond acceptors (Lipinski definition) is 3. The molecule has 0 atom stereocenters. The number of aliphatic carboxylic acids is 1. The Hall–Kier alpha value is -0.610. The molecule has 90 valence electrons. The van der Waals surface area contributed by atoms with Crippen LogP contribution in [0.4, 0.5) is 0 Å². The monoisotopic (exact) mass is 217 g/mol. The largest absolute Gasteiger partial charge is 0.481 e. The molecule has 0 saturated heterocycles. The molecule has 0 aromatic rings. The van der Waals surface area contributed by atoms with Gasteiger partial charge < -0.3 is 14.7 Å². The van der Waals surface area contributed by atoms with Crippen molar-refractivity contribution < 1.29 is 14.6 Å². The maximum atomic E-state index is 10.4. The van der Waals surface area contributed by atoms with Gasteiger partial charge in [0, 0.05) is 26.6 Å². The minimum atomic E-state index is -0.716. The van der Waals surface area contributed by atoms with Gasteiger partial charge in [-0.3, -0.25) is 4.79 Å². The van der Waals surface area contributed by atoms with E-state index in [-0.39, 0.29) is 6.42 Å². The highest BCUT2D eigenvalue weighted by atomic mass is 16.5. The quantitative estimate of drug-likeness (QED) is 0.635. The van der Waals surface area contributed by atoms with Crippen LogP contribution in [0, 0.1) is 5.92 Å². The molecule has 0 heterocycles. The molecule has 15 heavy (non-hydrogen) atoms. The number of rotatable bonds is 9. The molecule has 0 rings (SSSR count). The zero-order valence-corrected chi connectivity index (χ0v) is 10.0. The van der Waals surface area contributed by atoms with E-state index in [1.54, 1.807) is 7.11 Å². The van der Waals surface area contributed by atoms with E-state index >= 15 is 0 Å². The van der Waals surface area contributed by atoms with Crippen LogP contribution in [-0.4, -0.2) is 49.3 Å². The topological polar surface area (TPSA) is 49.8 Å². The van der Waals surface area contributed by atoms with Crippen LogP contribution in [0.5, 0.6) is 0 Å². The molecular formula is C11H23NO3. The lowest BCUT2D eigenvalue weighted by atomic mass is 10.2. The number of hydrogen-bond donors (Lipinski definition) is 1. The Morgan fingerprint density at radius 2 is 2.07 bits per heavy atom. The van der Waals surface area contributed by atoms with Crippen molar-refractivity contribution in [1.82, 2.24) is 4.90 Å². The van der Waals surface area contributed by atoms with E-state index in [4.69, 9.17) is 9.84 Å². The molecule has 1 N–H and O–H groups in total. The molecule has 4 heteroatoms. The average molecular weight is 217 g/mol. The zero-order chi connectivity index (χ0) is 11.7. The highest BCUT2D eigenvalue weighted by Gasteiger charge is 2.07. The van der Waals surface area contributed by atoms with E-state index in [9.17, 15) is 4.79 Å². The van der Waals surface area contributed by atoms with E-state index < -0.39 is 5.97 Å². The fourth-order valence-corrected chi connectivity index (χ4v) is 1.49. The maximum absolute atomic E-state index is 10.4. The summed E-state index contributed by atoms with van der Waals surface area (Å²) in [5, 5.41) is 8.54. The Kier molecular flexibility index (Phi) is 8.33. The van der Waals surface area contributed by atoms with Crippen LogP contribution in [-0.2, 0) is 9.53 Å². The summed E-state index contributed by atoms with van der Waals surface area (Å²) in [6.07, 6.45) is 0.966. The van der Waals surface area contributed by atoms with Gasteiger partial charge >= 0.3 is 5.97 Å². The standard InChI is InChI=1S/C11H23NO3/c1-10(2)9-12(7-8-15-3)6-4-5-11(13)14/h10H,4-9H2,1-3H3,(H,13,14). The first kappa shape index (κ1) is 14.4. The molecule has 0 aliphatic carbocycles. The van der Waals surface area contributed by atoms with Gasteiger partial charge in [-0.1, -0.05) is 13.8 Å². The fourth-order valence-electron chi connectivity index (χ4n) is 1.49. The van der Waals surface area contributed by atoms with Gasteiger partial charge in [0.15, 0.2) is 0 Å². The maximum Gasteiger partial charge on any atom is 0.303 e. The summed E-state index contributed by atoms with van der Waals surface area (Å²) >= 11 is 0. The van der Waals surface area contributed by atoms with Crippen LogP contribution in [0.3, 0.4) is 0 Å². The van der Waals surface area contributed by atoms with E-state index in [0.717, 1.165) is 19.6 Å². The van der Waals surface area contributed by atoms with Gasteiger partial charge in [-0.2, -0.15) is 0 Å². The lowest BCUT2D eigenvalue weighted by Gasteiger charge is -2.23. The third kappa shape index (κ3) is 9.69. The average Bonchev–Trinajstić information content (AvgIpc) is 2.12. The summed E-state index contributed by atoms with van der Waals surface area (Å²) in [4.78, 5) is 12.6. The van der Waals surface area contributed by atoms with Crippen LogP contribution < -0.4 is 0 Å². The molecule has 0 unspecified atom stereocenters. The van der Waals surface area contributed by atoms with Crippen molar-refractivity contribution >= 4 is 5.97 Å². The van der Waals surface area contributed by atoms with Crippen LogP contribution in [0.25, 0.3) is 0 Å². The molecule has 0 aliphatic rings. The third-order valence-corrected chi connectivity index (χ3v) is 2.10. The number of carboxylic acids is 1. The van der Waals surface area contributed by atoms with Gasteiger partial charge in [0.05, 0.1) is 6.61 Å². The van der Waals surface area contributed by atoms with Crippen molar-refractivity contribution in [2.24, 2.45) is 5.92 Å². The van der Waals surface area contributed by atoms with Crippen molar-refractivity contribution in [3.8, 4) is 0 Å². The minimum Gasteiger partial charge on any atom is -0.481 e. The second kappa shape index (κ2) is 8.68. The summed E-state index contributed by atoms with van der Waals surface area (Å²) in [7, 11) is 1.69. The Bertz CT molecular complexity index is 171. The molecule has 0 amide bonds. The van der Waals surface area contributed by atoms with E-state index in [1.165, 1.54) is 0 Å². The molecule has 0 aromatic heterocycles. The van der Waals surface area contributed by atoms with Crippen LogP contribution in [0.2, 0.25) is 0 Å². The lowest BCUT2D eigenvalue weighted by Crippen LogP contribution is -2.32. The molecule has 0 spiro atoms. The van der Waals surface area contributed by atoms with Crippen LogP contribution >= 0.6 is 0 Å². The molecule has 0 aromatic carbocycles. The third-order valence-electron chi connectivity index (χ3n) is 2.10. The van der Waals surface area contributed by atoms with E-state index in [0.29, 0.717) is 18.9 Å². The number of methoxy groups -OCH3 is 1. The van der Waals surface area contributed by atoms with E-state index in [1.807, 2.05) is 0 Å². The molecule has 4 nitrogen and oxygen atoms in total. The predicted octanol–water partition coefficient (Wildman–Crippen LogP) is 1.46. The van der Waals surface area contributed by atoms with Crippen molar-refractivity contribution in [1.29, 1.82) is 0 Å². The number of ether oxygens (including phenoxy) is 1. The van der Waals surface area contributed by atoms with Gasteiger partial charge in [0.1, 0.15) is 0 Å². The minimum absolute atomic E-state index is 0.252. The molecule has 0 radical (unpaired) electrons. The predicted molar refractivity (Wildman–Crippen MR) is 60.0 cm³/mol. The van der Waals surface area contributed by atoms with Crippen molar-refractivity contribution in [3.05, 3.63) is 0 Å². The van der Waals surface area contributed by atoms with Gasteiger partial charge in [-0.25, -0.2) is 0 Å². The Morgan fingerprint density at radius 3 is 2.53 bits per heavy atom. The van der Waals surface area contributed by atoms with E-state index in [2.05, 4.69) is 18.7 Å². The number of carbonyl (C=O) groups is 1. The molecule has 0 bridgehead atoms. The summed E-state index contributed by atoms with van der Waals surface area (Å²) in [5.41, 5.74) is 0. The summed E-state index contributed by atoms with van der Waals surface area (Å²) in [6, 6.07) is 0. The van der Waals surface area contributed by atoms with Crippen molar-refractivity contribution in [2.45, 2.75) is 26.7 Å². The molecule has 0 aliphatic heterocycles. The van der Waals surface area contributed by atoms with Gasteiger partial charge in [-0.05, 0) is 18.9 Å². The summed E-state index contributed by atoms with van der Waals surface area (Å²) in [6.45, 7) is 7.76. The smallest absolute Gasteiger partial charge is 0.303 e. The van der Waals surface area contributed by atoms with Crippen molar-refractivity contribution in [2.75, 3.05) is 33.4 Å². The Balaban J connectivity index is 3.73. The lowest BCUT2D eigenvalue weighted by molar-refractivity contribution is -0.137. The fraction of sp³-hybridized carbons (Fsp3) is 0.909. The highest BCUT2D eigenvalue weighted by Crippen LogP contribution is 2.01. The van der Waals surface area contributed by atoms with Gasteiger partial charge in [0.25, 0.3) is 0 Å². The first-order chi connectivity index (χ1) is 7.06. The number of nitrogens with zero attached hydrogens (tertiary/aromatic N) is 1. The molecule has 0 saturated carbocycles. The molecule has 0 fully saturated rings. The second-order valence-corrected chi connectivity index (χ2v) is 4.18. The summed E-state index contributed by atoms with van der Waals surface area (Å²) < 4.78 is 5.02. The Morgan fingerprint density at radius 1 is 1.40 bits per heavy atom. The van der Waals surface area contributed by atoms with Crippen LogP contribution in [0.15, 0.2) is 0 Å². The summed E-state index contributed by atoms with van der Waals surface area (Å²) in [5.74, 6) is -0.113. The van der Waals surface area contributed by atoms with Crippen LogP contribution in [0.1, 0.15) is 26.7 Å². The van der Waals surface area contributed by atoms with Crippen molar-refractivity contribution in [3.63, 3.8) is 0 Å². The Labute approximate surface area is 92.2 Å². The first-order valence-electron chi connectivity index (χ1n) is 5.49. The second-order valence-electron chi connectivity index (χ2n) is 4.18. The van der Waals surface area contributed by atoms with Gasteiger partial charge in [0.2, 0.25) is 0 Å². The normalized spacial score (nSPS) is 11.3. The molecular weight excluding hydrogens is 194 g/mol. The van der Waals surface area contributed by atoms with Gasteiger partial charge in [-0.15, -0.1) is 0 Å².